The first-order valence-corrected chi connectivity index (χ1v) is 10.2. The van der Waals surface area contributed by atoms with Crippen LogP contribution in [0.5, 0.6) is 0 Å². The predicted molar refractivity (Wildman–Crippen MR) is 99.9 cm³/mol. The lowest BCUT2D eigenvalue weighted by atomic mass is 9.87. The second-order valence-electron chi connectivity index (χ2n) is 6.29. The Morgan fingerprint density at radius 3 is 2.80 bits per heavy atom. The van der Waals surface area contributed by atoms with E-state index in [0.717, 1.165) is 18.8 Å². The highest BCUT2D eigenvalue weighted by Gasteiger charge is 2.20. The Balaban J connectivity index is 1.45. The Hall–Kier alpha value is -1.67. The van der Waals surface area contributed by atoms with E-state index in [-0.39, 0.29) is 11.7 Å². The van der Waals surface area contributed by atoms with Crippen LogP contribution in [0.1, 0.15) is 32.6 Å². The molecule has 1 fully saturated rings. The molecule has 0 bridgehead atoms. The molecule has 1 heterocycles. The fraction of sp³-hybridized carbons (Fsp3) is 0.471. The van der Waals surface area contributed by atoms with E-state index in [2.05, 4.69) is 27.8 Å². The summed E-state index contributed by atoms with van der Waals surface area (Å²) in [4.78, 5) is 12.1. The number of carbonyl (C=O) groups excluding carboxylic acids is 1. The Labute approximate surface area is 154 Å². The summed E-state index contributed by atoms with van der Waals surface area (Å²) in [7, 11) is 0. The summed E-state index contributed by atoms with van der Waals surface area (Å²) in [6, 6.07) is 6.71. The van der Waals surface area contributed by atoms with E-state index in [9.17, 15) is 9.18 Å². The van der Waals surface area contributed by atoms with Crippen molar-refractivity contribution in [2.24, 2.45) is 5.92 Å². The highest BCUT2D eigenvalue weighted by Crippen LogP contribution is 2.28. The van der Waals surface area contributed by atoms with Crippen molar-refractivity contribution in [1.82, 2.24) is 15.5 Å². The maximum Gasteiger partial charge on any atom is 0.230 e. The molecule has 2 N–H and O–H groups in total. The normalized spacial score (nSPS) is 20.2. The zero-order valence-corrected chi connectivity index (χ0v) is 15.6. The second-order valence-corrected chi connectivity index (χ2v) is 8.49. The Morgan fingerprint density at radius 2 is 2.04 bits per heavy atom. The van der Waals surface area contributed by atoms with Crippen LogP contribution in [0, 0.1) is 11.7 Å². The number of rotatable bonds is 6. The molecule has 3 rings (SSSR count). The number of carbonyl (C=O) groups is 1. The van der Waals surface area contributed by atoms with E-state index >= 15 is 0 Å². The van der Waals surface area contributed by atoms with Gasteiger partial charge in [0.25, 0.3) is 0 Å². The molecule has 8 heteroatoms. The molecule has 1 amide bonds. The number of para-hydroxylation sites is 1. The number of nitrogens with one attached hydrogen (secondary N) is 2. The molecule has 1 aliphatic carbocycles. The van der Waals surface area contributed by atoms with Gasteiger partial charge in [0.1, 0.15) is 5.82 Å². The van der Waals surface area contributed by atoms with Crippen LogP contribution in [-0.4, -0.2) is 27.9 Å². The van der Waals surface area contributed by atoms with Crippen molar-refractivity contribution in [3.63, 3.8) is 0 Å². The van der Waals surface area contributed by atoms with E-state index in [4.69, 9.17) is 0 Å². The molecular weight excluding hydrogens is 359 g/mol. The number of amides is 1. The quantitative estimate of drug-likeness (QED) is 0.735. The highest BCUT2D eigenvalue weighted by molar-refractivity contribution is 8.01. The average molecular weight is 381 g/mol. The minimum Gasteiger partial charge on any atom is -0.353 e. The van der Waals surface area contributed by atoms with Gasteiger partial charge < -0.3 is 10.6 Å². The maximum absolute atomic E-state index is 13.6. The summed E-state index contributed by atoms with van der Waals surface area (Å²) in [6.07, 6.45) is 4.49. The van der Waals surface area contributed by atoms with Crippen LogP contribution in [0.15, 0.2) is 28.6 Å². The van der Waals surface area contributed by atoms with Crippen LogP contribution in [0.3, 0.4) is 0 Å². The largest absolute Gasteiger partial charge is 0.353 e. The second kappa shape index (κ2) is 8.62. The van der Waals surface area contributed by atoms with Crippen molar-refractivity contribution in [3.05, 3.63) is 30.1 Å². The Morgan fingerprint density at radius 1 is 1.28 bits per heavy atom. The van der Waals surface area contributed by atoms with Gasteiger partial charge in [-0.15, -0.1) is 10.2 Å². The van der Waals surface area contributed by atoms with Gasteiger partial charge in [-0.25, -0.2) is 4.39 Å². The number of halogens is 1. The summed E-state index contributed by atoms with van der Waals surface area (Å²) in [5.41, 5.74) is 0.361. The molecule has 0 atom stereocenters. The molecule has 0 radical (unpaired) electrons. The third-order valence-corrected chi connectivity index (χ3v) is 6.20. The molecule has 2 aromatic rings. The molecule has 134 valence electrons. The molecule has 1 aromatic heterocycles. The van der Waals surface area contributed by atoms with Gasteiger partial charge in [-0.05, 0) is 43.7 Å². The van der Waals surface area contributed by atoms with Gasteiger partial charge in [-0.2, -0.15) is 0 Å². The monoisotopic (exact) mass is 380 g/mol. The van der Waals surface area contributed by atoms with E-state index in [1.54, 1.807) is 18.2 Å². The first-order valence-electron chi connectivity index (χ1n) is 8.37. The van der Waals surface area contributed by atoms with Gasteiger partial charge in [-0.1, -0.05) is 42.2 Å². The summed E-state index contributed by atoms with van der Waals surface area (Å²) in [6.45, 7) is 2.26. The van der Waals surface area contributed by atoms with Crippen molar-refractivity contribution >= 4 is 39.8 Å². The molecule has 0 spiro atoms. The van der Waals surface area contributed by atoms with Crippen LogP contribution >= 0.6 is 23.1 Å². The summed E-state index contributed by atoms with van der Waals surface area (Å²) < 4.78 is 14.3. The summed E-state index contributed by atoms with van der Waals surface area (Å²) in [5.74, 6) is 0.779. The minimum atomic E-state index is -0.340. The molecule has 1 aromatic carbocycles. The fourth-order valence-electron chi connectivity index (χ4n) is 2.80. The van der Waals surface area contributed by atoms with Gasteiger partial charge in [-0.3, -0.25) is 4.79 Å². The zero-order chi connectivity index (χ0) is 17.6. The van der Waals surface area contributed by atoms with Crippen molar-refractivity contribution in [2.45, 2.75) is 43.0 Å². The highest BCUT2D eigenvalue weighted by atomic mass is 32.2. The summed E-state index contributed by atoms with van der Waals surface area (Å²) in [5, 5.41) is 14.5. The van der Waals surface area contributed by atoms with Gasteiger partial charge in [0.05, 0.1) is 11.4 Å². The van der Waals surface area contributed by atoms with Gasteiger partial charge in [0, 0.05) is 6.04 Å². The number of aromatic nitrogens is 2. The first-order chi connectivity index (χ1) is 12.1. The Bertz CT molecular complexity index is 716. The molecule has 25 heavy (non-hydrogen) atoms. The molecular formula is C17H21FN4OS2. The first kappa shape index (κ1) is 18.1. The lowest BCUT2D eigenvalue weighted by molar-refractivity contribution is -0.119. The van der Waals surface area contributed by atoms with E-state index < -0.39 is 0 Å². The fourth-order valence-corrected chi connectivity index (χ4v) is 4.37. The maximum atomic E-state index is 13.6. The molecule has 0 aliphatic heterocycles. The number of hydrogen-bond donors (Lipinski definition) is 2. The molecule has 0 saturated heterocycles. The third kappa shape index (κ3) is 5.40. The number of hydrogen-bond acceptors (Lipinski definition) is 6. The number of benzene rings is 1. The Kier molecular flexibility index (Phi) is 6.25. The average Bonchev–Trinajstić information content (AvgIpc) is 3.05. The van der Waals surface area contributed by atoms with Crippen molar-refractivity contribution in [3.8, 4) is 0 Å². The van der Waals surface area contributed by atoms with Crippen LogP contribution in [0.4, 0.5) is 15.2 Å². The van der Waals surface area contributed by atoms with E-state index in [1.807, 2.05) is 0 Å². The predicted octanol–water partition coefficient (Wildman–Crippen LogP) is 4.21. The van der Waals surface area contributed by atoms with Crippen LogP contribution in [0.2, 0.25) is 0 Å². The molecule has 5 nitrogen and oxygen atoms in total. The van der Waals surface area contributed by atoms with Crippen molar-refractivity contribution < 1.29 is 9.18 Å². The van der Waals surface area contributed by atoms with Gasteiger partial charge in [0.2, 0.25) is 11.0 Å². The number of nitrogens with zero attached hydrogens (tertiary/aromatic N) is 2. The number of anilines is 2. The van der Waals surface area contributed by atoms with Gasteiger partial charge >= 0.3 is 0 Å². The lowest BCUT2D eigenvalue weighted by Crippen LogP contribution is -2.38. The summed E-state index contributed by atoms with van der Waals surface area (Å²) >= 11 is 2.66. The van der Waals surface area contributed by atoms with E-state index in [0.29, 0.717) is 27.0 Å². The standard InChI is InChI=1S/C17H21FN4OS2/c1-11-6-8-12(9-7-11)19-15(23)10-24-17-22-21-16(25-17)20-14-5-3-2-4-13(14)18/h2-5,11-12H,6-10H2,1H3,(H,19,23)(H,20,21). The minimum absolute atomic E-state index is 0.0309. The van der Waals surface area contributed by atoms with Crippen LogP contribution in [-0.2, 0) is 4.79 Å². The molecule has 1 saturated carbocycles. The SMILES string of the molecule is CC1CCC(NC(=O)CSc2nnc(Nc3ccccc3F)s2)CC1. The molecule has 1 aliphatic rings. The zero-order valence-electron chi connectivity index (χ0n) is 14.0. The van der Waals surface area contributed by atoms with Crippen molar-refractivity contribution in [1.29, 1.82) is 0 Å². The van der Waals surface area contributed by atoms with E-state index in [1.165, 1.54) is 42.0 Å². The van der Waals surface area contributed by atoms with Crippen LogP contribution < -0.4 is 10.6 Å². The number of thioether (sulfide) groups is 1. The van der Waals surface area contributed by atoms with Crippen LogP contribution in [0.25, 0.3) is 0 Å². The van der Waals surface area contributed by atoms with Gasteiger partial charge in [0.15, 0.2) is 4.34 Å². The lowest BCUT2D eigenvalue weighted by Gasteiger charge is -2.26. The van der Waals surface area contributed by atoms with Crippen molar-refractivity contribution in [2.75, 3.05) is 11.1 Å². The third-order valence-electron chi connectivity index (χ3n) is 4.23. The smallest absolute Gasteiger partial charge is 0.230 e. The topological polar surface area (TPSA) is 66.9 Å². The molecule has 0 unspecified atom stereocenters.